The number of piperazine rings is 1. The van der Waals surface area contributed by atoms with Crippen LogP contribution in [0.5, 0.6) is 0 Å². The molecule has 0 aromatic heterocycles. The second-order valence-corrected chi connectivity index (χ2v) is 12.6. The van der Waals surface area contributed by atoms with Crippen LogP contribution in [0.1, 0.15) is 71.6 Å². The van der Waals surface area contributed by atoms with Gasteiger partial charge in [0.25, 0.3) is 0 Å². The first-order valence-electron chi connectivity index (χ1n) is 14.4. The molecule has 2 aromatic carbocycles. The van der Waals surface area contributed by atoms with Crippen molar-refractivity contribution in [3.05, 3.63) is 53.6 Å². The van der Waals surface area contributed by atoms with Crippen molar-refractivity contribution in [1.29, 1.82) is 5.26 Å². The van der Waals surface area contributed by atoms with Crippen molar-refractivity contribution >= 4 is 29.1 Å². The van der Waals surface area contributed by atoms with Gasteiger partial charge in [-0.25, -0.2) is 4.79 Å². The molecule has 1 N–H and O–H groups in total. The van der Waals surface area contributed by atoms with Crippen LogP contribution >= 0.6 is 0 Å². The zero-order valence-corrected chi connectivity index (χ0v) is 24.5. The molecule has 1 aliphatic carbocycles. The fourth-order valence-corrected chi connectivity index (χ4v) is 6.35. The molecule has 0 spiro atoms. The average molecular weight is 544 g/mol. The van der Waals surface area contributed by atoms with Gasteiger partial charge in [-0.05, 0) is 88.9 Å². The maximum Gasteiger partial charge on any atom is 0.410 e. The smallest absolute Gasteiger partial charge is 0.410 e. The molecule has 4 atom stereocenters. The lowest BCUT2D eigenvalue weighted by atomic mass is 9.79. The van der Waals surface area contributed by atoms with Crippen LogP contribution in [0.25, 0.3) is 0 Å². The van der Waals surface area contributed by atoms with Crippen molar-refractivity contribution in [1.82, 2.24) is 4.90 Å². The SMILES string of the molecule is CC(=O)N1c2ccc(N3CCN(C(=O)OC(C)(C)C)[C@@H](C)C3)cc2[C@H](Nc2ccc(C#N)cc2)[C@@H](C)[C@@H]1C1CC1. The molecule has 8 nitrogen and oxygen atoms in total. The summed E-state index contributed by atoms with van der Waals surface area (Å²) < 4.78 is 5.63. The number of carbonyl (C=O) groups is 2. The minimum atomic E-state index is -0.527. The lowest BCUT2D eigenvalue weighted by Crippen LogP contribution is -2.55. The van der Waals surface area contributed by atoms with E-state index in [9.17, 15) is 14.9 Å². The van der Waals surface area contributed by atoms with Crippen molar-refractivity contribution in [2.24, 2.45) is 11.8 Å². The number of fused-ring (bicyclic) bond motifs is 1. The molecule has 40 heavy (non-hydrogen) atoms. The fourth-order valence-electron chi connectivity index (χ4n) is 6.35. The Hall–Kier alpha value is -3.73. The maximum absolute atomic E-state index is 13.0. The topological polar surface area (TPSA) is 88.9 Å². The Kier molecular flexibility index (Phi) is 7.43. The minimum absolute atomic E-state index is 0.000841. The molecule has 0 radical (unpaired) electrons. The van der Waals surface area contributed by atoms with Gasteiger partial charge in [-0.3, -0.25) is 4.79 Å². The zero-order valence-electron chi connectivity index (χ0n) is 24.5. The first-order chi connectivity index (χ1) is 19.0. The normalized spacial score (nSPS) is 24.7. The number of nitriles is 1. The lowest BCUT2D eigenvalue weighted by Gasteiger charge is -2.47. The molecule has 212 valence electrons. The zero-order chi connectivity index (χ0) is 28.8. The van der Waals surface area contributed by atoms with E-state index in [0.29, 0.717) is 31.1 Å². The van der Waals surface area contributed by atoms with E-state index in [2.05, 4.69) is 48.3 Å². The number of hydrogen-bond acceptors (Lipinski definition) is 6. The molecular formula is C32H41N5O3. The first kappa shape index (κ1) is 27.8. The van der Waals surface area contributed by atoms with Crippen molar-refractivity contribution in [3.8, 4) is 6.07 Å². The molecule has 2 fully saturated rings. The van der Waals surface area contributed by atoms with E-state index in [-0.39, 0.29) is 36.0 Å². The lowest BCUT2D eigenvalue weighted by molar-refractivity contribution is -0.117. The van der Waals surface area contributed by atoms with E-state index in [4.69, 9.17) is 4.74 Å². The van der Waals surface area contributed by atoms with E-state index in [0.717, 1.165) is 35.5 Å². The maximum atomic E-state index is 13.0. The summed E-state index contributed by atoms with van der Waals surface area (Å²) in [5, 5.41) is 13.0. The van der Waals surface area contributed by atoms with Gasteiger partial charge >= 0.3 is 6.09 Å². The number of carbonyl (C=O) groups excluding carboxylic acids is 2. The molecule has 0 bridgehead atoms. The summed E-state index contributed by atoms with van der Waals surface area (Å²) >= 11 is 0. The first-order valence-corrected chi connectivity index (χ1v) is 14.4. The van der Waals surface area contributed by atoms with E-state index < -0.39 is 5.60 Å². The molecule has 0 unspecified atom stereocenters. The molecule has 1 saturated carbocycles. The predicted molar refractivity (Wildman–Crippen MR) is 157 cm³/mol. The van der Waals surface area contributed by atoms with Gasteiger partial charge in [0.15, 0.2) is 0 Å². The molecular weight excluding hydrogens is 502 g/mol. The average Bonchev–Trinajstić information content (AvgIpc) is 3.74. The fraction of sp³-hybridized carbons (Fsp3) is 0.531. The van der Waals surface area contributed by atoms with Gasteiger partial charge in [-0.15, -0.1) is 0 Å². The Bertz CT molecular complexity index is 1310. The monoisotopic (exact) mass is 543 g/mol. The highest BCUT2D eigenvalue weighted by molar-refractivity contribution is 5.94. The Balaban J connectivity index is 1.45. The van der Waals surface area contributed by atoms with Crippen LogP contribution in [-0.2, 0) is 9.53 Å². The van der Waals surface area contributed by atoms with Gasteiger partial charge in [0.1, 0.15) is 5.60 Å². The highest BCUT2D eigenvalue weighted by Crippen LogP contribution is 2.50. The van der Waals surface area contributed by atoms with Gasteiger partial charge in [-0.2, -0.15) is 5.26 Å². The highest BCUT2D eigenvalue weighted by Gasteiger charge is 2.47. The van der Waals surface area contributed by atoms with E-state index in [1.54, 1.807) is 6.92 Å². The van der Waals surface area contributed by atoms with Crippen molar-refractivity contribution in [2.75, 3.05) is 34.8 Å². The highest BCUT2D eigenvalue weighted by atomic mass is 16.6. The number of rotatable bonds is 4. The van der Waals surface area contributed by atoms with Crippen LogP contribution in [0.4, 0.5) is 21.9 Å². The number of benzene rings is 2. The summed E-state index contributed by atoms with van der Waals surface area (Å²) in [6.07, 6.45) is 2.03. The number of ether oxygens (including phenoxy) is 1. The van der Waals surface area contributed by atoms with Crippen LogP contribution in [0.2, 0.25) is 0 Å². The molecule has 8 heteroatoms. The second kappa shape index (κ2) is 10.7. The van der Waals surface area contributed by atoms with Gasteiger partial charge < -0.3 is 24.8 Å². The van der Waals surface area contributed by atoms with Crippen molar-refractivity contribution in [2.45, 2.75) is 78.1 Å². The number of nitrogens with zero attached hydrogens (tertiary/aromatic N) is 4. The van der Waals surface area contributed by atoms with Gasteiger partial charge in [0, 0.05) is 67.2 Å². The van der Waals surface area contributed by atoms with E-state index in [1.165, 1.54) is 0 Å². The van der Waals surface area contributed by atoms with Crippen LogP contribution in [0.3, 0.4) is 0 Å². The molecule has 2 aliphatic heterocycles. The van der Waals surface area contributed by atoms with E-state index >= 15 is 0 Å². The third kappa shape index (κ3) is 5.60. The van der Waals surface area contributed by atoms with Crippen LogP contribution in [0.15, 0.2) is 42.5 Å². The summed E-state index contributed by atoms with van der Waals surface area (Å²) in [5.74, 6) is 0.783. The second-order valence-electron chi connectivity index (χ2n) is 12.6. The summed E-state index contributed by atoms with van der Waals surface area (Å²) in [6, 6.07) is 16.3. The predicted octanol–water partition coefficient (Wildman–Crippen LogP) is 5.94. The third-order valence-electron chi connectivity index (χ3n) is 8.37. The van der Waals surface area contributed by atoms with Crippen molar-refractivity contribution in [3.63, 3.8) is 0 Å². The van der Waals surface area contributed by atoms with Gasteiger partial charge in [0.2, 0.25) is 5.91 Å². The van der Waals surface area contributed by atoms with Crippen molar-refractivity contribution < 1.29 is 14.3 Å². The van der Waals surface area contributed by atoms with Gasteiger partial charge in [0.05, 0.1) is 17.7 Å². The largest absolute Gasteiger partial charge is 0.444 e. The van der Waals surface area contributed by atoms with Crippen LogP contribution in [-0.4, -0.2) is 54.2 Å². The molecule has 2 aromatic rings. The van der Waals surface area contributed by atoms with Gasteiger partial charge in [-0.1, -0.05) is 6.92 Å². The number of hydrogen-bond donors (Lipinski definition) is 1. The molecule has 1 saturated heterocycles. The Labute approximate surface area is 237 Å². The molecule has 3 aliphatic rings. The van der Waals surface area contributed by atoms with E-state index in [1.807, 2.05) is 54.8 Å². The van der Waals surface area contributed by atoms with Crippen LogP contribution < -0.4 is 15.1 Å². The summed E-state index contributed by atoms with van der Waals surface area (Å²) in [7, 11) is 0. The summed E-state index contributed by atoms with van der Waals surface area (Å²) in [5.41, 5.74) is 4.21. The number of anilines is 3. The Morgan fingerprint density at radius 1 is 1.05 bits per heavy atom. The molecule has 5 rings (SSSR count). The summed E-state index contributed by atoms with van der Waals surface area (Å²) in [4.78, 5) is 32.0. The quantitative estimate of drug-likeness (QED) is 0.514. The molecule has 2 heterocycles. The minimum Gasteiger partial charge on any atom is -0.444 e. The number of nitrogens with one attached hydrogen (secondary N) is 1. The number of amides is 2. The summed E-state index contributed by atoms with van der Waals surface area (Å²) in [6.45, 7) is 13.6. The third-order valence-corrected chi connectivity index (χ3v) is 8.37. The Morgan fingerprint density at radius 3 is 2.33 bits per heavy atom. The van der Waals surface area contributed by atoms with Crippen LogP contribution in [0, 0.1) is 23.2 Å². The molecule has 2 amide bonds. The standard InChI is InChI=1S/C32H41N5O3/c1-20-19-35(15-16-36(20)31(39)40-32(4,5)6)26-13-14-28-27(17-26)29(34-25-11-7-23(18-33)8-12-25)21(2)30(24-9-10-24)37(28)22(3)38/h7-8,11-14,17,20-21,24,29-30,34H,9-10,15-16,19H2,1-6H3/t20-,21+,29+,30+/m0/s1. The Morgan fingerprint density at radius 2 is 1.75 bits per heavy atom.